The first-order chi connectivity index (χ1) is 14.2. The van der Waals surface area contributed by atoms with E-state index in [0.29, 0.717) is 31.4 Å². The summed E-state index contributed by atoms with van der Waals surface area (Å²) in [5.41, 5.74) is 1.21. The number of nitrogens with one attached hydrogen (secondary N) is 2. The van der Waals surface area contributed by atoms with Gasteiger partial charge in [-0.2, -0.15) is 13.2 Å². The molecule has 1 aromatic rings. The Balaban J connectivity index is 1.56. The minimum absolute atomic E-state index is 0.0312. The van der Waals surface area contributed by atoms with E-state index < -0.39 is 12.7 Å². The van der Waals surface area contributed by atoms with Crippen molar-refractivity contribution in [3.8, 4) is 0 Å². The molecule has 9 heteroatoms. The van der Waals surface area contributed by atoms with Gasteiger partial charge in [0.2, 0.25) is 0 Å². The molecule has 2 aliphatic heterocycles. The van der Waals surface area contributed by atoms with E-state index in [9.17, 15) is 13.2 Å². The molecule has 0 amide bonds. The van der Waals surface area contributed by atoms with Crippen molar-refractivity contribution in [1.29, 1.82) is 0 Å². The molecule has 0 radical (unpaired) electrons. The number of likely N-dealkylation sites (tertiary alicyclic amines) is 2. The first-order valence-electron chi connectivity index (χ1n) is 10.5. The summed E-state index contributed by atoms with van der Waals surface area (Å²) in [4.78, 5) is 8.09. The summed E-state index contributed by atoms with van der Waals surface area (Å²) in [5, 5.41) is 7.43. The fourth-order valence-electron chi connectivity index (χ4n) is 4.65. The number of piperidine rings is 1. The highest BCUT2D eigenvalue weighted by atomic mass is 35.5. The van der Waals surface area contributed by atoms with Crippen LogP contribution in [0.15, 0.2) is 29.3 Å². The van der Waals surface area contributed by atoms with E-state index in [1.165, 1.54) is 10.5 Å². The number of hydrogen-bond acceptors (Lipinski definition) is 3. The van der Waals surface area contributed by atoms with Crippen molar-refractivity contribution in [3.05, 3.63) is 34.9 Å². The molecule has 1 aromatic carbocycles. The van der Waals surface area contributed by atoms with Gasteiger partial charge in [-0.25, -0.2) is 0 Å². The lowest BCUT2D eigenvalue weighted by Gasteiger charge is -2.40. The summed E-state index contributed by atoms with van der Waals surface area (Å²) < 4.78 is 37.8. The third kappa shape index (κ3) is 6.49. The Morgan fingerprint density at radius 3 is 2.77 bits per heavy atom. The summed E-state index contributed by atoms with van der Waals surface area (Å²) in [6.07, 6.45) is -1.26. The first-order valence-corrected chi connectivity index (χ1v) is 10.8. The minimum Gasteiger partial charge on any atom is -0.356 e. The maximum Gasteiger partial charge on any atom is 0.401 e. The molecule has 30 heavy (non-hydrogen) atoms. The lowest BCUT2D eigenvalue weighted by Crippen LogP contribution is -2.48. The highest BCUT2D eigenvalue weighted by Gasteiger charge is 2.35. The zero-order valence-electron chi connectivity index (χ0n) is 17.6. The van der Waals surface area contributed by atoms with Crippen molar-refractivity contribution in [2.45, 2.75) is 37.5 Å². The molecule has 0 spiro atoms. The summed E-state index contributed by atoms with van der Waals surface area (Å²) >= 11 is 6.22. The van der Waals surface area contributed by atoms with Crippen molar-refractivity contribution in [1.82, 2.24) is 20.4 Å². The Hall–Kier alpha value is -1.51. The second-order valence-corrected chi connectivity index (χ2v) is 8.75. The van der Waals surface area contributed by atoms with Gasteiger partial charge >= 0.3 is 6.18 Å². The second-order valence-electron chi connectivity index (χ2n) is 8.32. The highest BCUT2D eigenvalue weighted by Crippen LogP contribution is 2.35. The van der Waals surface area contributed by atoms with Crippen LogP contribution in [0.5, 0.6) is 0 Å². The Bertz CT molecular complexity index is 727. The molecule has 2 fully saturated rings. The third-order valence-electron chi connectivity index (χ3n) is 5.97. The fraction of sp³-hybridized carbons (Fsp3) is 0.667. The molecule has 0 bridgehead atoms. The van der Waals surface area contributed by atoms with Crippen LogP contribution in [0.4, 0.5) is 13.2 Å². The average Bonchev–Trinajstić information content (AvgIpc) is 3.10. The number of halogens is 4. The molecule has 3 unspecified atom stereocenters. The van der Waals surface area contributed by atoms with E-state index in [1.807, 2.05) is 18.2 Å². The van der Waals surface area contributed by atoms with E-state index in [4.69, 9.17) is 11.6 Å². The first kappa shape index (κ1) is 23.2. The molecule has 2 heterocycles. The van der Waals surface area contributed by atoms with Crippen molar-refractivity contribution >= 4 is 17.6 Å². The van der Waals surface area contributed by atoms with Gasteiger partial charge in [0.1, 0.15) is 0 Å². The van der Waals surface area contributed by atoms with Gasteiger partial charge in [0.05, 0.1) is 6.54 Å². The van der Waals surface area contributed by atoms with Gasteiger partial charge in [-0.05, 0) is 56.5 Å². The second kappa shape index (κ2) is 10.2. The molecule has 2 N–H and O–H groups in total. The minimum atomic E-state index is -4.16. The van der Waals surface area contributed by atoms with Gasteiger partial charge in [0.25, 0.3) is 0 Å². The Morgan fingerprint density at radius 1 is 1.27 bits per heavy atom. The van der Waals surface area contributed by atoms with Gasteiger partial charge < -0.3 is 10.6 Å². The van der Waals surface area contributed by atoms with Crippen molar-refractivity contribution in [2.24, 2.45) is 10.9 Å². The molecule has 0 aliphatic carbocycles. The molecule has 2 aliphatic rings. The summed E-state index contributed by atoms with van der Waals surface area (Å²) in [6, 6.07) is 8.25. The third-order valence-corrected chi connectivity index (χ3v) is 6.20. The molecular formula is C21H31ClF3N5. The van der Waals surface area contributed by atoms with Crippen molar-refractivity contribution < 1.29 is 13.2 Å². The molecule has 3 atom stereocenters. The van der Waals surface area contributed by atoms with Crippen LogP contribution < -0.4 is 10.6 Å². The highest BCUT2D eigenvalue weighted by molar-refractivity contribution is 6.30. The summed E-state index contributed by atoms with van der Waals surface area (Å²) in [5.74, 6) is 1.03. The maximum atomic E-state index is 12.6. The van der Waals surface area contributed by atoms with Crippen LogP contribution in [0.1, 0.15) is 30.9 Å². The van der Waals surface area contributed by atoms with E-state index in [2.05, 4.69) is 33.6 Å². The quantitative estimate of drug-likeness (QED) is 0.537. The maximum absolute atomic E-state index is 12.6. The lowest BCUT2D eigenvalue weighted by atomic mass is 9.85. The lowest BCUT2D eigenvalue weighted by molar-refractivity contribution is -0.143. The van der Waals surface area contributed by atoms with Crippen LogP contribution in [-0.2, 0) is 0 Å². The van der Waals surface area contributed by atoms with Crippen molar-refractivity contribution in [3.63, 3.8) is 0 Å². The summed E-state index contributed by atoms with van der Waals surface area (Å²) in [7, 11) is 3.83. The fourth-order valence-corrected chi connectivity index (χ4v) is 4.85. The number of rotatable bonds is 5. The standard InChI is InChI=1S/C21H31ClF3N5/c1-26-20(28-18-8-10-30(13-18)14-21(23,24)25)27-12-16-6-4-9-29(2)19(16)15-5-3-7-17(22)11-15/h3,5,7,11,16,18-19H,4,6,8-10,12-14H2,1-2H3,(H2,26,27,28). The van der Waals surface area contributed by atoms with Crippen LogP contribution in [0, 0.1) is 5.92 Å². The monoisotopic (exact) mass is 445 g/mol. The van der Waals surface area contributed by atoms with Gasteiger partial charge in [-0.1, -0.05) is 23.7 Å². The number of aliphatic imine (C=N–C) groups is 1. The number of hydrogen-bond donors (Lipinski definition) is 2. The van der Waals surface area contributed by atoms with E-state index in [-0.39, 0.29) is 12.1 Å². The molecule has 168 valence electrons. The van der Waals surface area contributed by atoms with E-state index in [1.54, 1.807) is 7.05 Å². The number of nitrogens with zero attached hydrogens (tertiary/aromatic N) is 3. The Morgan fingerprint density at radius 2 is 2.07 bits per heavy atom. The van der Waals surface area contributed by atoms with Crippen LogP contribution in [0.25, 0.3) is 0 Å². The SMILES string of the molecule is CN=C(NCC1CCCN(C)C1c1cccc(Cl)c1)NC1CCN(CC(F)(F)F)C1. The van der Waals surface area contributed by atoms with Gasteiger partial charge in [-0.3, -0.25) is 14.8 Å². The smallest absolute Gasteiger partial charge is 0.356 e. The molecule has 2 saturated heterocycles. The van der Waals surface area contributed by atoms with Crippen molar-refractivity contribution in [2.75, 3.05) is 46.8 Å². The van der Waals surface area contributed by atoms with Gasteiger partial charge in [0, 0.05) is 43.8 Å². The number of alkyl halides is 3. The molecule has 0 aromatic heterocycles. The van der Waals surface area contributed by atoms with Crippen LogP contribution in [0.2, 0.25) is 5.02 Å². The molecule has 0 saturated carbocycles. The Kier molecular flexibility index (Phi) is 7.87. The molecular weight excluding hydrogens is 415 g/mol. The van der Waals surface area contributed by atoms with Crippen LogP contribution >= 0.6 is 11.6 Å². The zero-order chi connectivity index (χ0) is 21.7. The molecule has 5 nitrogen and oxygen atoms in total. The normalized spacial score (nSPS) is 26.7. The van der Waals surface area contributed by atoms with E-state index >= 15 is 0 Å². The predicted molar refractivity (Wildman–Crippen MR) is 115 cm³/mol. The summed E-state index contributed by atoms with van der Waals surface area (Å²) in [6.45, 7) is 1.74. The molecule has 3 rings (SSSR count). The number of guanidine groups is 1. The predicted octanol–water partition coefficient (Wildman–Crippen LogP) is 3.52. The van der Waals surface area contributed by atoms with Gasteiger partial charge in [-0.15, -0.1) is 0 Å². The topological polar surface area (TPSA) is 42.9 Å². The Labute approximate surface area is 181 Å². The van der Waals surface area contributed by atoms with Crippen LogP contribution in [-0.4, -0.2) is 74.8 Å². The van der Waals surface area contributed by atoms with E-state index in [0.717, 1.165) is 31.0 Å². The average molecular weight is 446 g/mol. The number of benzene rings is 1. The zero-order valence-corrected chi connectivity index (χ0v) is 18.3. The van der Waals surface area contributed by atoms with Gasteiger partial charge in [0.15, 0.2) is 5.96 Å². The van der Waals surface area contributed by atoms with Crippen LogP contribution in [0.3, 0.4) is 0 Å². The largest absolute Gasteiger partial charge is 0.401 e.